The van der Waals surface area contributed by atoms with Gasteiger partial charge in [0.2, 0.25) is 39.1 Å². The largest absolute Gasteiger partial charge is 0.494 e. The summed E-state index contributed by atoms with van der Waals surface area (Å²) in [6.45, 7) is 2.38. The molecule has 7 rings (SSSR count). The van der Waals surface area contributed by atoms with E-state index in [2.05, 4.69) is 67.0 Å². The highest BCUT2D eigenvalue weighted by atomic mass is 32.3. The zero-order valence-electron chi connectivity index (χ0n) is 47.8. The Hall–Kier alpha value is -8.20. The molecule has 0 aliphatic carbocycles. The molecule has 14 N–H and O–H groups in total. The van der Waals surface area contributed by atoms with Gasteiger partial charge in [-0.25, -0.2) is 13.4 Å². The van der Waals surface area contributed by atoms with Gasteiger partial charge in [0.15, 0.2) is 0 Å². The number of amides is 4. The summed E-state index contributed by atoms with van der Waals surface area (Å²) < 4.78 is 101. The number of methoxy groups -OCH3 is 1. The smallest absolute Gasteiger partial charge is 0.325 e. The van der Waals surface area contributed by atoms with Crippen molar-refractivity contribution in [2.24, 2.45) is 12.8 Å². The molecule has 466 valence electrons. The fourth-order valence-corrected chi connectivity index (χ4v) is 12.9. The predicted octanol–water partition coefficient (Wildman–Crippen LogP) is 4.70. The van der Waals surface area contributed by atoms with Gasteiger partial charge in [-0.2, -0.15) is 4.72 Å². The molecule has 0 fully saturated rings. The number of nitrogens with zero attached hydrogens (tertiary/aromatic N) is 3. The molecule has 5 aromatic carbocycles. The lowest BCUT2D eigenvalue weighted by atomic mass is 9.76. The Morgan fingerprint density at radius 3 is 1.87 bits per heavy atom. The van der Waals surface area contributed by atoms with E-state index in [4.69, 9.17) is 33.8 Å². The third-order valence-corrected chi connectivity index (χ3v) is 17.2. The topological polar surface area (TPSA) is 397 Å². The van der Waals surface area contributed by atoms with Crippen LogP contribution in [0.4, 0.5) is 5.95 Å². The van der Waals surface area contributed by atoms with Gasteiger partial charge in [-0.15, -0.1) is 0 Å². The molecular formula is C58H70N10O16S3. The second-order valence-electron chi connectivity index (χ2n) is 20.3. The van der Waals surface area contributed by atoms with Crippen LogP contribution in [0, 0.1) is 13.8 Å². The summed E-state index contributed by atoms with van der Waals surface area (Å²) >= 11 is 0. The van der Waals surface area contributed by atoms with Gasteiger partial charge in [0.25, 0.3) is 5.91 Å². The van der Waals surface area contributed by atoms with E-state index in [9.17, 15) is 50.8 Å². The molecule has 0 aliphatic heterocycles. The SMILES string of the molecule is COC(=O)[C@H](CNC(=O)c1cn(C)c2cc(CNc3nccn3C(c3ccccc3)(c3ccccc3)c3ccccc3)ccc2c1=O)NS(=O)(=O)c1c(C)cc(OCCCC(=O)NCCNC(=O)[C@H](CS(O)(O)O)NC(=O)[C@@H](N)CS(O)(O)O)cc1C. The van der Waals surface area contributed by atoms with Crippen LogP contribution in [0.3, 0.4) is 0 Å². The molecule has 29 heteroatoms. The van der Waals surface area contributed by atoms with Crippen LogP contribution in [-0.4, -0.2) is 142 Å². The molecule has 0 bridgehead atoms. The minimum Gasteiger partial charge on any atom is -0.494 e. The maximum atomic E-state index is 14.0. The normalized spacial score (nSPS) is 13.4. The number of aryl methyl sites for hydroxylation is 3. The van der Waals surface area contributed by atoms with Gasteiger partial charge >= 0.3 is 5.97 Å². The second kappa shape index (κ2) is 29.0. The number of anilines is 1. The Labute approximate surface area is 504 Å². The van der Waals surface area contributed by atoms with E-state index < -0.39 is 109 Å². The van der Waals surface area contributed by atoms with Crippen molar-refractivity contribution in [2.75, 3.05) is 50.2 Å². The van der Waals surface area contributed by atoms with Gasteiger partial charge in [0, 0.05) is 63.6 Å². The summed E-state index contributed by atoms with van der Waals surface area (Å²) in [5.41, 5.74) is 8.65. The molecule has 0 saturated carbocycles. The molecule has 3 atom stereocenters. The van der Waals surface area contributed by atoms with Gasteiger partial charge in [-0.05, 0) is 77.9 Å². The zero-order valence-corrected chi connectivity index (χ0v) is 50.2. The number of benzene rings is 5. The number of aromatic nitrogens is 3. The molecule has 2 heterocycles. The number of nitrogens with two attached hydrogens (primary N) is 1. The number of ether oxygens (including phenoxy) is 2. The number of carbonyl (C=O) groups is 5. The fourth-order valence-electron chi connectivity index (χ4n) is 9.93. The molecule has 26 nitrogen and oxygen atoms in total. The second-order valence-corrected chi connectivity index (χ2v) is 25.1. The molecule has 0 radical (unpaired) electrons. The lowest BCUT2D eigenvalue weighted by Crippen LogP contribution is -2.55. The van der Waals surface area contributed by atoms with E-state index in [-0.39, 0.29) is 65.3 Å². The van der Waals surface area contributed by atoms with Crippen LogP contribution in [0.15, 0.2) is 150 Å². The van der Waals surface area contributed by atoms with E-state index >= 15 is 0 Å². The number of fused-ring (bicyclic) bond motifs is 1. The molecule has 0 unspecified atom stereocenters. The molecule has 87 heavy (non-hydrogen) atoms. The molecule has 7 aromatic rings. The highest BCUT2D eigenvalue weighted by Crippen LogP contribution is 2.43. The average molecular weight is 1260 g/mol. The number of hydrogen-bond donors (Lipinski definition) is 13. The van der Waals surface area contributed by atoms with Crippen LogP contribution in [0.2, 0.25) is 0 Å². The number of imidazole rings is 1. The van der Waals surface area contributed by atoms with Crippen molar-refractivity contribution in [1.29, 1.82) is 0 Å². The molecule has 2 aromatic heterocycles. The van der Waals surface area contributed by atoms with E-state index in [1.54, 1.807) is 29.9 Å². The Bertz CT molecular complexity index is 3630. The minimum atomic E-state index is -4.49. The maximum Gasteiger partial charge on any atom is 0.325 e. The first-order chi connectivity index (χ1) is 41.2. The molecule has 0 saturated heterocycles. The van der Waals surface area contributed by atoms with Gasteiger partial charge in [0.05, 0.1) is 63.4 Å². The van der Waals surface area contributed by atoms with Crippen LogP contribution >= 0.6 is 21.7 Å². The van der Waals surface area contributed by atoms with Crippen molar-refractivity contribution >= 4 is 78.2 Å². The third kappa shape index (κ3) is 17.1. The Morgan fingerprint density at radius 1 is 0.736 bits per heavy atom. The Balaban J connectivity index is 0.933. The first-order valence-corrected chi connectivity index (χ1v) is 31.8. The lowest BCUT2D eigenvalue weighted by Gasteiger charge is -2.38. The van der Waals surface area contributed by atoms with Crippen LogP contribution in [-0.2, 0) is 53.1 Å². The highest BCUT2D eigenvalue weighted by molar-refractivity contribution is 8.19. The van der Waals surface area contributed by atoms with Crippen molar-refractivity contribution in [2.45, 2.75) is 61.8 Å². The Kier molecular flexibility index (Phi) is 22.1. The summed E-state index contributed by atoms with van der Waals surface area (Å²) in [5.74, 6) is -5.73. The summed E-state index contributed by atoms with van der Waals surface area (Å²) in [6, 6.07) is 33.5. The number of pyridine rings is 1. The summed E-state index contributed by atoms with van der Waals surface area (Å²) in [7, 11) is -10.3. The third-order valence-electron chi connectivity index (χ3n) is 13.8. The quantitative estimate of drug-likeness (QED) is 0.0172. The van der Waals surface area contributed by atoms with Gasteiger partial charge in [-0.3, -0.25) is 33.3 Å². The van der Waals surface area contributed by atoms with E-state index in [1.807, 2.05) is 72.2 Å². The summed E-state index contributed by atoms with van der Waals surface area (Å²) in [5, 5.41) is 13.2. The van der Waals surface area contributed by atoms with Gasteiger partial charge in [-0.1, -0.05) is 97.1 Å². The van der Waals surface area contributed by atoms with Gasteiger partial charge in [0.1, 0.15) is 28.9 Å². The molecule has 0 spiro atoms. The first-order valence-electron chi connectivity index (χ1n) is 27.0. The van der Waals surface area contributed by atoms with Crippen LogP contribution in [0.5, 0.6) is 5.75 Å². The predicted molar refractivity (Wildman–Crippen MR) is 329 cm³/mol. The van der Waals surface area contributed by atoms with Crippen molar-refractivity contribution in [1.82, 2.24) is 40.1 Å². The fraction of sp³-hybridized carbons (Fsp3) is 0.293. The zero-order chi connectivity index (χ0) is 63.3. The number of carbonyl (C=O) groups excluding carboxylic acids is 5. The monoisotopic (exact) mass is 1260 g/mol. The van der Waals surface area contributed by atoms with Crippen molar-refractivity contribution in [3.8, 4) is 5.75 Å². The lowest BCUT2D eigenvalue weighted by molar-refractivity contribution is -0.142. The number of nitrogens with one attached hydrogen (secondary N) is 6. The molecule has 4 amide bonds. The van der Waals surface area contributed by atoms with Crippen LogP contribution in [0.25, 0.3) is 10.9 Å². The van der Waals surface area contributed by atoms with Gasteiger partial charge < -0.3 is 73.7 Å². The maximum absolute atomic E-state index is 14.0. The highest BCUT2D eigenvalue weighted by Gasteiger charge is 2.40. The standard InChI is InChI=1S/C58H70N10O16S3/c1-37-29-43(84-28-14-21-50(69)60-24-25-61-55(73)48(36-86(78,79)80)65-54(72)46(59)35-85(75,76)77)30-38(2)52(37)87(81,82)66-47(56(74)83-4)33-63-53(71)45-34-67(3)49-31-39(22-23-44(49)51(45)70)32-64-57-62-26-27-68(57)58(40-15-8-5-9-16-40,41-17-10-6-11-18-41)42-19-12-7-13-20-42/h5-13,15-20,22-23,26-27,29-31,34,46-48,66,75-80H,14,21,24-25,28,32-33,35-36,59H2,1-4H3,(H,60,69)(H,61,73)(H,62,64)(H,63,71)(H,65,72)/t46-,47-,48-/m0/s1. The van der Waals surface area contributed by atoms with E-state index in [1.165, 1.54) is 32.2 Å². The van der Waals surface area contributed by atoms with Crippen LogP contribution in [0.1, 0.15) is 56.6 Å². The average Bonchev–Trinajstić information content (AvgIpc) is 1.78. The molecule has 0 aliphatic rings. The summed E-state index contributed by atoms with van der Waals surface area (Å²) in [6.07, 6.45) is 5.19. The first kappa shape index (κ1) is 66.3. The van der Waals surface area contributed by atoms with Crippen LogP contribution < -0.4 is 47.2 Å². The number of rotatable bonds is 29. The Morgan fingerprint density at radius 2 is 1.31 bits per heavy atom. The van der Waals surface area contributed by atoms with E-state index in [0.29, 0.717) is 18.0 Å². The summed E-state index contributed by atoms with van der Waals surface area (Å²) in [4.78, 5) is 82.9. The van der Waals surface area contributed by atoms with Crippen molar-refractivity contribution < 1.29 is 69.2 Å². The van der Waals surface area contributed by atoms with Crippen molar-refractivity contribution in [3.05, 3.63) is 189 Å². The van der Waals surface area contributed by atoms with Crippen molar-refractivity contribution in [3.63, 3.8) is 0 Å². The number of esters is 1. The number of sulfonamides is 1. The minimum absolute atomic E-state index is 0.00856. The van der Waals surface area contributed by atoms with E-state index in [0.717, 1.165) is 29.4 Å². The number of hydrogen-bond acceptors (Lipinski definition) is 19. The molecular weight excluding hydrogens is 1190 g/mol.